The molecule has 3 aromatic rings. The summed E-state index contributed by atoms with van der Waals surface area (Å²) in [4.78, 5) is 22.0. The second-order valence-electron chi connectivity index (χ2n) is 4.72. The van der Waals surface area contributed by atoms with Crippen LogP contribution in [0.2, 0.25) is 0 Å². The summed E-state index contributed by atoms with van der Waals surface area (Å²) >= 11 is 6.91. The Kier molecular flexibility index (Phi) is 3.07. The van der Waals surface area contributed by atoms with Crippen LogP contribution in [-0.4, -0.2) is 14.5 Å². The van der Waals surface area contributed by atoms with Crippen LogP contribution in [0.25, 0.3) is 15.9 Å². The number of aromatic nitrogens is 3. The number of nitrogens with zero attached hydrogens (tertiary/aromatic N) is 2. The number of aromatic amines is 1. The lowest BCUT2D eigenvalue weighted by atomic mass is 10.2. The monoisotopic (exact) mass is 303 g/mol. The van der Waals surface area contributed by atoms with Crippen LogP contribution in [0.4, 0.5) is 0 Å². The van der Waals surface area contributed by atoms with E-state index in [1.54, 1.807) is 23.7 Å². The van der Waals surface area contributed by atoms with Gasteiger partial charge in [-0.3, -0.25) is 14.3 Å². The van der Waals surface area contributed by atoms with Crippen LogP contribution in [0, 0.1) is 25.5 Å². The highest BCUT2D eigenvalue weighted by Crippen LogP contribution is 2.26. The number of pyridine rings is 1. The maximum Gasteiger partial charge on any atom is 0.267 e. The Labute approximate surface area is 124 Å². The van der Waals surface area contributed by atoms with Crippen LogP contribution < -0.4 is 5.56 Å². The first-order valence-electron chi connectivity index (χ1n) is 6.16. The predicted molar refractivity (Wildman–Crippen MR) is 84.6 cm³/mol. The van der Waals surface area contributed by atoms with E-state index in [1.165, 1.54) is 4.57 Å². The van der Waals surface area contributed by atoms with Crippen molar-refractivity contribution < 1.29 is 0 Å². The molecular weight excluding hydrogens is 290 g/mol. The van der Waals surface area contributed by atoms with E-state index in [2.05, 4.69) is 9.97 Å². The minimum absolute atomic E-state index is 0.0818. The number of H-pyrrole nitrogens is 1. The van der Waals surface area contributed by atoms with E-state index < -0.39 is 0 Å². The van der Waals surface area contributed by atoms with E-state index in [0.717, 1.165) is 26.5 Å². The van der Waals surface area contributed by atoms with Gasteiger partial charge in [-0.15, -0.1) is 11.3 Å². The lowest BCUT2D eigenvalue weighted by Crippen LogP contribution is -2.21. The smallest absolute Gasteiger partial charge is 0.267 e. The number of rotatable bonds is 1. The van der Waals surface area contributed by atoms with Crippen molar-refractivity contribution in [2.24, 2.45) is 0 Å². The number of aryl methyl sites for hydroxylation is 3. The minimum Gasteiger partial charge on any atom is -0.323 e. The zero-order chi connectivity index (χ0) is 14.4. The minimum atomic E-state index is -0.0818. The van der Waals surface area contributed by atoms with Crippen LogP contribution in [0.15, 0.2) is 23.3 Å². The van der Waals surface area contributed by atoms with Gasteiger partial charge in [-0.25, -0.2) is 0 Å². The Hall–Kier alpha value is -1.79. The summed E-state index contributed by atoms with van der Waals surface area (Å²) in [6.07, 6.45) is 3.37. The molecule has 1 N–H and O–H groups in total. The van der Waals surface area contributed by atoms with Crippen molar-refractivity contribution >= 4 is 33.8 Å². The first kappa shape index (κ1) is 13.2. The maximum absolute atomic E-state index is 12.8. The fourth-order valence-corrected chi connectivity index (χ4v) is 3.64. The molecule has 0 atom stereocenters. The molecule has 0 amide bonds. The molecule has 20 heavy (non-hydrogen) atoms. The largest absolute Gasteiger partial charge is 0.323 e. The molecule has 0 radical (unpaired) electrons. The third-order valence-electron chi connectivity index (χ3n) is 3.48. The second kappa shape index (κ2) is 4.64. The fourth-order valence-electron chi connectivity index (χ4n) is 2.24. The average molecular weight is 303 g/mol. The summed E-state index contributed by atoms with van der Waals surface area (Å²) in [5.74, 6) is 0. The average Bonchev–Trinajstić information content (AvgIpc) is 2.67. The standard InChI is InChI=1S/C14H13N3OS2/c1-7-4-5-15-6-10(7)17-13(18)11-8(2)9(3)20-12(11)16-14(17)19/h4-6H,1-3H3,(H,16,19). The molecule has 3 heterocycles. The van der Waals surface area contributed by atoms with Gasteiger partial charge in [-0.2, -0.15) is 0 Å². The molecule has 0 fully saturated rings. The molecule has 4 nitrogen and oxygen atoms in total. The van der Waals surface area contributed by atoms with Crippen LogP contribution in [0.1, 0.15) is 16.0 Å². The molecule has 102 valence electrons. The normalized spacial score (nSPS) is 11.2. The van der Waals surface area contributed by atoms with Crippen LogP contribution in [0.5, 0.6) is 0 Å². The number of nitrogens with one attached hydrogen (secondary N) is 1. The molecule has 3 aromatic heterocycles. The van der Waals surface area contributed by atoms with Gasteiger partial charge in [0, 0.05) is 11.1 Å². The second-order valence-corrected chi connectivity index (χ2v) is 6.33. The Bertz CT molecular complexity index is 934. The van der Waals surface area contributed by atoms with Gasteiger partial charge >= 0.3 is 0 Å². The Morgan fingerprint density at radius 3 is 2.80 bits per heavy atom. The van der Waals surface area contributed by atoms with Gasteiger partial charge in [0.1, 0.15) is 4.83 Å². The van der Waals surface area contributed by atoms with Gasteiger partial charge in [-0.1, -0.05) is 0 Å². The zero-order valence-electron chi connectivity index (χ0n) is 11.4. The third-order valence-corrected chi connectivity index (χ3v) is 4.89. The molecule has 0 saturated heterocycles. The third kappa shape index (κ3) is 1.83. The number of hydrogen-bond acceptors (Lipinski definition) is 4. The van der Waals surface area contributed by atoms with Gasteiger partial charge < -0.3 is 4.98 Å². The van der Waals surface area contributed by atoms with Crippen LogP contribution >= 0.6 is 23.6 Å². The van der Waals surface area contributed by atoms with Crippen LogP contribution in [-0.2, 0) is 0 Å². The molecule has 0 aliphatic rings. The van der Waals surface area contributed by atoms with Crippen molar-refractivity contribution in [2.45, 2.75) is 20.8 Å². The summed E-state index contributed by atoms with van der Waals surface area (Å²) in [7, 11) is 0. The molecule has 0 saturated carbocycles. The van der Waals surface area contributed by atoms with Gasteiger partial charge in [0.15, 0.2) is 4.77 Å². The topological polar surface area (TPSA) is 50.7 Å². The van der Waals surface area contributed by atoms with Crippen molar-refractivity contribution in [1.82, 2.24) is 14.5 Å². The molecule has 6 heteroatoms. The van der Waals surface area contributed by atoms with Gasteiger partial charge in [0.2, 0.25) is 0 Å². The number of fused-ring (bicyclic) bond motifs is 1. The quantitative estimate of drug-likeness (QED) is 0.701. The van der Waals surface area contributed by atoms with Crippen LogP contribution in [0.3, 0.4) is 0 Å². The molecule has 0 aromatic carbocycles. The van der Waals surface area contributed by atoms with Crippen molar-refractivity contribution in [3.8, 4) is 5.69 Å². The Morgan fingerprint density at radius 1 is 1.35 bits per heavy atom. The van der Waals surface area contributed by atoms with Crippen molar-refractivity contribution in [1.29, 1.82) is 0 Å². The Morgan fingerprint density at radius 2 is 2.10 bits per heavy atom. The van der Waals surface area contributed by atoms with E-state index in [-0.39, 0.29) is 5.56 Å². The van der Waals surface area contributed by atoms with E-state index >= 15 is 0 Å². The highest BCUT2D eigenvalue weighted by Gasteiger charge is 2.14. The molecular formula is C14H13N3OS2. The first-order valence-corrected chi connectivity index (χ1v) is 7.39. The van der Waals surface area contributed by atoms with Crippen molar-refractivity contribution in [3.63, 3.8) is 0 Å². The van der Waals surface area contributed by atoms with Crippen molar-refractivity contribution in [3.05, 3.63) is 49.6 Å². The maximum atomic E-state index is 12.8. The highest BCUT2D eigenvalue weighted by molar-refractivity contribution is 7.71. The lowest BCUT2D eigenvalue weighted by molar-refractivity contribution is 0.923. The summed E-state index contributed by atoms with van der Waals surface area (Å²) in [5, 5.41) is 0.712. The van der Waals surface area contributed by atoms with E-state index in [9.17, 15) is 4.79 Å². The van der Waals surface area contributed by atoms with Crippen molar-refractivity contribution in [2.75, 3.05) is 0 Å². The highest BCUT2D eigenvalue weighted by atomic mass is 32.1. The van der Waals surface area contributed by atoms with E-state index in [4.69, 9.17) is 12.2 Å². The molecule has 0 bridgehead atoms. The molecule has 3 rings (SSSR count). The van der Waals surface area contributed by atoms with Gasteiger partial charge in [0.05, 0.1) is 17.3 Å². The summed E-state index contributed by atoms with van der Waals surface area (Å²) in [6.45, 7) is 5.91. The number of thiophene rings is 1. The SMILES string of the molecule is Cc1ccncc1-n1c(=S)[nH]c2sc(C)c(C)c2c1=O. The first-order chi connectivity index (χ1) is 9.50. The number of hydrogen-bond donors (Lipinski definition) is 1. The summed E-state index contributed by atoms with van der Waals surface area (Å²) in [5.41, 5.74) is 2.62. The molecule has 0 unspecified atom stereocenters. The van der Waals surface area contributed by atoms with E-state index in [1.807, 2.05) is 26.8 Å². The Balaban J connectivity index is 2.50. The van der Waals surface area contributed by atoms with E-state index in [0.29, 0.717) is 10.2 Å². The predicted octanol–water partition coefficient (Wildman–Crippen LogP) is 3.43. The van der Waals surface area contributed by atoms with Gasteiger partial charge in [0.25, 0.3) is 5.56 Å². The summed E-state index contributed by atoms with van der Waals surface area (Å²) in [6, 6.07) is 1.87. The summed E-state index contributed by atoms with van der Waals surface area (Å²) < 4.78 is 1.93. The molecule has 0 aliphatic carbocycles. The van der Waals surface area contributed by atoms with Gasteiger partial charge in [-0.05, 0) is 50.2 Å². The zero-order valence-corrected chi connectivity index (χ0v) is 13.0. The molecule has 0 spiro atoms. The molecule has 0 aliphatic heterocycles. The fraction of sp³-hybridized carbons (Fsp3) is 0.214. The lowest BCUT2D eigenvalue weighted by Gasteiger charge is -2.08.